The van der Waals surface area contributed by atoms with Crippen LogP contribution in [0.25, 0.3) is 11.8 Å². The van der Waals surface area contributed by atoms with E-state index in [9.17, 15) is 13.7 Å². The van der Waals surface area contributed by atoms with Crippen LogP contribution in [0.5, 0.6) is 0 Å². The first-order chi connectivity index (χ1) is 12.4. The van der Waals surface area contributed by atoms with Gasteiger partial charge in [0.15, 0.2) is 4.91 Å². The number of aromatic nitrogens is 3. The minimum Gasteiger partial charge on any atom is -0.218 e. The highest BCUT2D eigenvalue weighted by Gasteiger charge is 2.24. The van der Waals surface area contributed by atoms with Gasteiger partial charge in [0.1, 0.15) is 11.8 Å². The summed E-state index contributed by atoms with van der Waals surface area (Å²) in [5, 5.41) is 17.7. The molecule has 0 fully saturated rings. The highest BCUT2D eigenvalue weighted by Crippen LogP contribution is 2.30. The number of sulfone groups is 1. The van der Waals surface area contributed by atoms with Crippen molar-refractivity contribution in [2.24, 2.45) is 0 Å². The minimum absolute atomic E-state index is 0.0245. The van der Waals surface area contributed by atoms with E-state index in [1.165, 1.54) is 29.2 Å². The molecule has 0 aliphatic rings. The van der Waals surface area contributed by atoms with E-state index < -0.39 is 14.7 Å². The zero-order valence-electron chi connectivity index (χ0n) is 13.0. The third-order valence-electron chi connectivity index (χ3n) is 3.36. The van der Waals surface area contributed by atoms with Gasteiger partial charge in [0.2, 0.25) is 9.84 Å². The fourth-order valence-electron chi connectivity index (χ4n) is 2.13. The molecule has 0 radical (unpaired) electrons. The lowest BCUT2D eigenvalue weighted by atomic mass is 10.3. The Balaban J connectivity index is 2.03. The first kappa shape index (κ1) is 18.1. The summed E-state index contributed by atoms with van der Waals surface area (Å²) in [5.74, 6) is 0. The van der Waals surface area contributed by atoms with Crippen molar-refractivity contribution in [2.45, 2.75) is 4.90 Å². The van der Waals surface area contributed by atoms with Crippen LogP contribution >= 0.6 is 23.2 Å². The lowest BCUT2D eigenvalue weighted by Crippen LogP contribution is -2.05. The van der Waals surface area contributed by atoms with Crippen LogP contribution in [0.3, 0.4) is 0 Å². The maximum absolute atomic E-state index is 12.7. The van der Waals surface area contributed by atoms with Crippen LogP contribution < -0.4 is 0 Å². The predicted octanol–water partition coefficient (Wildman–Crippen LogP) is 3.91. The highest BCUT2D eigenvalue weighted by molar-refractivity contribution is 7.95. The quantitative estimate of drug-likeness (QED) is 0.614. The van der Waals surface area contributed by atoms with Gasteiger partial charge >= 0.3 is 0 Å². The van der Waals surface area contributed by atoms with E-state index in [4.69, 9.17) is 23.2 Å². The molecule has 0 N–H and O–H groups in total. The lowest BCUT2D eigenvalue weighted by Gasteiger charge is -2.05. The summed E-state index contributed by atoms with van der Waals surface area (Å²) in [6, 6.07) is 14.8. The number of hydrogen-bond acceptors (Lipinski definition) is 5. The van der Waals surface area contributed by atoms with Gasteiger partial charge in [-0.3, -0.25) is 0 Å². The van der Waals surface area contributed by atoms with E-state index in [0.717, 1.165) is 6.08 Å². The van der Waals surface area contributed by atoms with Gasteiger partial charge in [-0.05, 0) is 36.4 Å². The van der Waals surface area contributed by atoms with E-state index in [1.54, 1.807) is 18.2 Å². The molecule has 0 unspecified atom stereocenters. The summed E-state index contributed by atoms with van der Waals surface area (Å²) in [4.78, 5) is 0.580. The van der Waals surface area contributed by atoms with Crippen LogP contribution in [0.1, 0.15) is 5.69 Å². The zero-order valence-corrected chi connectivity index (χ0v) is 15.4. The Morgan fingerprint density at radius 1 is 1.15 bits per heavy atom. The molecule has 0 saturated carbocycles. The van der Waals surface area contributed by atoms with Crippen LogP contribution in [-0.4, -0.2) is 23.4 Å². The highest BCUT2D eigenvalue weighted by atomic mass is 35.5. The van der Waals surface area contributed by atoms with Crippen molar-refractivity contribution < 1.29 is 8.42 Å². The summed E-state index contributed by atoms with van der Waals surface area (Å²) in [6.07, 6.45) is 2.50. The number of allylic oxidation sites excluding steroid dienone is 1. The van der Waals surface area contributed by atoms with Gasteiger partial charge in [-0.25, -0.2) is 8.42 Å². The largest absolute Gasteiger partial charge is 0.218 e. The van der Waals surface area contributed by atoms with Crippen LogP contribution in [0, 0.1) is 11.3 Å². The number of halogens is 2. The predicted molar refractivity (Wildman–Crippen MR) is 98.6 cm³/mol. The smallest absolute Gasteiger partial charge is 0.218 e. The van der Waals surface area contributed by atoms with Crippen molar-refractivity contribution in [3.05, 3.63) is 75.4 Å². The lowest BCUT2D eigenvalue weighted by molar-refractivity contribution is 0.603. The van der Waals surface area contributed by atoms with E-state index in [0.29, 0.717) is 5.69 Å². The standard InChI is InChI=1S/C17H10Cl2N4O2S/c18-12-6-7-16(19)17(8-12)26(24,25)15(10-20)9-13-11-21-23(22-13)14-4-2-1-3-5-14/h1-9,11H. The Kier molecular flexibility index (Phi) is 5.09. The SMILES string of the molecule is N#CC(=Cc1cnn(-c2ccccc2)n1)S(=O)(=O)c1cc(Cl)ccc1Cl. The van der Waals surface area contributed by atoms with Gasteiger partial charge in [-0.2, -0.15) is 15.2 Å². The van der Waals surface area contributed by atoms with Crippen molar-refractivity contribution in [3.63, 3.8) is 0 Å². The normalized spacial score (nSPS) is 12.0. The van der Waals surface area contributed by atoms with Crippen LogP contribution in [0.4, 0.5) is 0 Å². The molecule has 0 amide bonds. The molecule has 9 heteroatoms. The van der Waals surface area contributed by atoms with Crippen LogP contribution in [0.2, 0.25) is 10.0 Å². The van der Waals surface area contributed by atoms with Crippen LogP contribution in [-0.2, 0) is 9.84 Å². The second-order valence-corrected chi connectivity index (χ2v) is 7.82. The Hall–Kier alpha value is -2.66. The number of benzene rings is 2. The molecule has 2 aromatic carbocycles. The minimum atomic E-state index is -4.15. The molecule has 6 nitrogen and oxygen atoms in total. The number of para-hydroxylation sites is 1. The summed E-state index contributed by atoms with van der Waals surface area (Å²) in [6.45, 7) is 0. The van der Waals surface area contributed by atoms with Crippen molar-refractivity contribution in [1.29, 1.82) is 5.26 Å². The van der Waals surface area contributed by atoms with E-state index in [-0.39, 0.29) is 20.6 Å². The fourth-order valence-corrected chi connectivity index (χ4v) is 4.03. The Bertz CT molecular complexity index is 1130. The number of hydrogen-bond donors (Lipinski definition) is 0. The van der Waals surface area contributed by atoms with Gasteiger partial charge in [-0.15, -0.1) is 5.10 Å². The molecule has 1 aromatic heterocycles. The first-order valence-electron chi connectivity index (χ1n) is 7.21. The Labute approximate surface area is 159 Å². The third kappa shape index (κ3) is 3.63. The summed E-state index contributed by atoms with van der Waals surface area (Å²) in [7, 11) is -4.15. The van der Waals surface area contributed by atoms with Crippen molar-refractivity contribution in [3.8, 4) is 11.8 Å². The molecule has 130 valence electrons. The molecule has 0 aliphatic carbocycles. The van der Waals surface area contributed by atoms with Gasteiger partial charge < -0.3 is 0 Å². The number of nitriles is 1. The van der Waals surface area contributed by atoms with E-state index in [1.807, 2.05) is 18.2 Å². The second kappa shape index (κ2) is 7.30. The van der Waals surface area contributed by atoms with Crippen molar-refractivity contribution in [2.75, 3.05) is 0 Å². The zero-order chi connectivity index (χ0) is 18.7. The molecule has 1 heterocycles. The van der Waals surface area contributed by atoms with E-state index >= 15 is 0 Å². The number of rotatable bonds is 4. The summed E-state index contributed by atoms with van der Waals surface area (Å²) < 4.78 is 25.5. The van der Waals surface area contributed by atoms with Crippen molar-refractivity contribution >= 4 is 39.1 Å². The maximum Gasteiger partial charge on any atom is 0.218 e. The third-order valence-corrected chi connectivity index (χ3v) is 5.74. The maximum atomic E-state index is 12.7. The summed E-state index contributed by atoms with van der Waals surface area (Å²) >= 11 is 11.8. The Morgan fingerprint density at radius 2 is 1.88 bits per heavy atom. The molecule has 0 atom stereocenters. The molecule has 0 spiro atoms. The van der Waals surface area contributed by atoms with Gasteiger partial charge in [0, 0.05) is 5.02 Å². The first-order valence-corrected chi connectivity index (χ1v) is 9.45. The molecule has 0 aliphatic heterocycles. The molecular weight excluding hydrogens is 395 g/mol. The van der Waals surface area contributed by atoms with Gasteiger partial charge in [0.05, 0.1) is 21.8 Å². The topological polar surface area (TPSA) is 88.6 Å². The molecule has 26 heavy (non-hydrogen) atoms. The van der Waals surface area contributed by atoms with Crippen LogP contribution in [0.15, 0.2) is 64.5 Å². The molecular formula is C17H10Cl2N4O2S. The van der Waals surface area contributed by atoms with Gasteiger partial charge in [0.25, 0.3) is 0 Å². The molecule has 3 aromatic rings. The fraction of sp³-hybridized carbons (Fsp3) is 0. The van der Waals surface area contributed by atoms with Gasteiger partial charge in [-0.1, -0.05) is 41.4 Å². The number of nitrogens with zero attached hydrogens (tertiary/aromatic N) is 4. The average Bonchev–Trinajstić information content (AvgIpc) is 3.11. The van der Waals surface area contributed by atoms with Crippen molar-refractivity contribution in [1.82, 2.24) is 15.0 Å². The van der Waals surface area contributed by atoms with E-state index in [2.05, 4.69) is 10.2 Å². The second-order valence-electron chi connectivity index (χ2n) is 5.09. The molecule has 0 saturated heterocycles. The monoisotopic (exact) mass is 404 g/mol. The molecule has 3 rings (SSSR count). The molecule has 0 bridgehead atoms. The Morgan fingerprint density at radius 3 is 2.58 bits per heavy atom. The average molecular weight is 405 g/mol. The summed E-state index contributed by atoms with van der Waals surface area (Å²) in [5.41, 5.74) is 0.915.